The lowest BCUT2D eigenvalue weighted by atomic mass is 9.50. The highest BCUT2D eigenvalue weighted by Gasteiger charge is 2.58. The van der Waals surface area contributed by atoms with Crippen LogP contribution in [0.1, 0.15) is 36.8 Å². The maximum absolute atomic E-state index is 15.1. The smallest absolute Gasteiger partial charge is 0.408 e. The third-order valence-electron chi connectivity index (χ3n) is 7.62. The van der Waals surface area contributed by atoms with Crippen LogP contribution >= 0.6 is 0 Å². The molecule has 3 aromatic heterocycles. The van der Waals surface area contributed by atoms with Gasteiger partial charge in [-0.1, -0.05) is 0 Å². The van der Waals surface area contributed by atoms with Crippen LogP contribution in [0.4, 0.5) is 29.7 Å². The molecule has 1 amide bonds. The van der Waals surface area contributed by atoms with Crippen molar-refractivity contribution in [3.63, 3.8) is 0 Å². The first-order chi connectivity index (χ1) is 17.7. The first kappa shape index (κ1) is 22.8. The number of nitrogens with zero attached hydrogens (tertiary/aromatic N) is 5. The summed E-state index contributed by atoms with van der Waals surface area (Å²) in [4.78, 5) is 22.6. The van der Waals surface area contributed by atoms with E-state index in [1.165, 1.54) is 0 Å². The van der Waals surface area contributed by atoms with Crippen molar-refractivity contribution in [2.45, 2.75) is 55.6 Å². The number of likely N-dealkylation sites (tertiary alicyclic amines) is 1. The molecule has 0 radical (unpaired) electrons. The van der Waals surface area contributed by atoms with Gasteiger partial charge in [0.05, 0.1) is 31.1 Å². The van der Waals surface area contributed by atoms with E-state index in [0.717, 1.165) is 19.3 Å². The lowest BCUT2D eigenvalue weighted by Gasteiger charge is -2.61. The lowest BCUT2D eigenvalue weighted by Crippen LogP contribution is -2.68. The standard InChI is InChI=1S/C23H25F3N8O3/c24-18-15(37-21(35)30-22-4-12(5-22)6-22)9-36-19(18)14-3-16(32-31-14)29-20-27-2-1-17-28-13(8-34(17)20)7-33-10-23(25,26)11-33/h1-3,8,12,15,18-19H,4-7,9-11H2,(H,30,35)(H2,27,29,31,32)/t12?,15-,18+,19-,22?/m1/s1. The maximum Gasteiger partial charge on any atom is 0.408 e. The van der Waals surface area contributed by atoms with Crippen LogP contribution in [-0.4, -0.2) is 79.0 Å². The number of fused-ring (bicyclic) bond motifs is 1. The highest BCUT2D eigenvalue weighted by Crippen LogP contribution is 2.57. The number of alkyl halides is 3. The molecule has 2 saturated heterocycles. The van der Waals surface area contributed by atoms with E-state index in [1.54, 1.807) is 33.8 Å². The van der Waals surface area contributed by atoms with Gasteiger partial charge in [-0.3, -0.25) is 14.4 Å². The molecule has 0 aromatic carbocycles. The van der Waals surface area contributed by atoms with E-state index in [-0.39, 0.29) is 25.2 Å². The number of ether oxygens (including phenoxy) is 2. The average molecular weight is 519 g/mol. The number of halogens is 3. The summed E-state index contributed by atoms with van der Waals surface area (Å²) in [7, 11) is 0. The summed E-state index contributed by atoms with van der Waals surface area (Å²) in [6.07, 6.45) is 2.06. The Balaban J connectivity index is 0.992. The molecule has 5 aliphatic rings. The average Bonchev–Trinajstić information content (AvgIpc) is 3.48. The number of aromatic nitrogens is 5. The van der Waals surface area contributed by atoms with Crippen molar-refractivity contribution in [2.24, 2.45) is 5.92 Å². The summed E-state index contributed by atoms with van der Waals surface area (Å²) < 4.78 is 54.0. The predicted octanol–water partition coefficient (Wildman–Crippen LogP) is 2.70. The van der Waals surface area contributed by atoms with Crippen LogP contribution in [0.2, 0.25) is 0 Å². The van der Waals surface area contributed by atoms with Crippen molar-refractivity contribution >= 4 is 23.5 Å². The molecule has 0 spiro atoms. The largest absolute Gasteiger partial charge is 0.441 e. The summed E-state index contributed by atoms with van der Waals surface area (Å²) >= 11 is 0. The van der Waals surface area contributed by atoms with Crippen LogP contribution in [0.5, 0.6) is 0 Å². The van der Waals surface area contributed by atoms with Crippen molar-refractivity contribution in [3.05, 3.63) is 35.9 Å². The number of imidazole rings is 1. The van der Waals surface area contributed by atoms with Gasteiger partial charge in [-0.25, -0.2) is 27.9 Å². The van der Waals surface area contributed by atoms with Gasteiger partial charge in [-0.05, 0) is 31.2 Å². The van der Waals surface area contributed by atoms with Gasteiger partial charge in [0.25, 0.3) is 5.92 Å². The summed E-state index contributed by atoms with van der Waals surface area (Å²) in [6, 6.07) is 3.31. The third kappa shape index (κ3) is 4.07. The van der Waals surface area contributed by atoms with Crippen molar-refractivity contribution in [1.29, 1.82) is 0 Å². The number of H-pyrrole nitrogens is 1. The summed E-state index contributed by atoms with van der Waals surface area (Å²) in [5.74, 6) is -1.16. The molecule has 0 unspecified atom stereocenters. The Morgan fingerprint density at radius 3 is 2.84 bits per heavy atom. The van der Waals surface area contributed by atoms with E-state index in [4.69, 9.17) is 9.47 Å². The molecule has 5 fully saturated rings. The SMILES string of the molecule is O=C(NC12CC(C1)C2)O[C@@H]1CO[C@H](c2cc(Nc3nccc4nc(CN5CC(F)(F)C5)cn34)n[nH]2)[C@H]1F. The molecule has 5 heterocycles. The van der Waals surface area contributed by atoms with E-state index in [0.29, 0.717) is 41.3 Å². The van der Waals surface area contributed by atoms with Crippen LogP contribution in [0.3, 0.4) is 0 Å². The van der Waals surface area contributed by atoms with Crippen molar-refractivity contribution in [1.82, 2.24) is 34.8 Å². The summed E-state index contributed by atoms with van der Waals surface area (Å²) in [5.41, 5.74) is 1.47. The second-order valence-corrected chi connectivity index (χ2v) is 10.6. The quantitative estimate of drug-likeness (QED) is 0.437. The molecule has 14 heteroatoms. The Morgan fingerprint density at radius 1 is 1.30 bits per heavy atom. The normalized spacial score (nSPS) is 31.9. The Hall–Kier alpha value is -3.39. The molecule has 2 bridgehead atoms. The van der Waals surface area contributed by atoms with Crippen LogP contribution < -0.4 is 10.6 Å². The van der Waals surface area contributed by atoms with E-state index >= 15 is 4.39 Å². The molecule has 11 nitrogen and oxygen atoms in total. The molecule has 3 atom stereocenters. The molecule has 196 valence electrons. The molecule has 3 saturated carbocycles. The molecule has 37 heavy (non-hydrogen) atoms. The Morgan fingerprint density at radius 2 is 2.11 bits per heavy atom. The summed E-state index contributed by atoms with van der Waals surface area (Å²) in [6.45, 7) is -0.311. The predicted molar refractivity (Wildman–Crippen MR) is 122 cm³/mol. The zero-order valence-corrected chi connectivity index (χ0v) is 19.7. The number of hydrogen-bond acceptors (Lipinski definition) is 8. The van der Waals surface area contributed by atoms with E-state index in [2.05, 4.69) is 30.8 Å². The number of carbonyl (C=O) groups is 1. The number of amides is 1. The molecular formula is C23H25F3N8O3. The Labute approximate surface area is 208 Å². The number of anilines is 2. The van der Waals surface area contributed by atoms with Gasteiger partial charge in [0.1, 0.15) is 11.8 Å². The second-order valence-electron chi connectivity index (χ2n) is 10.6. The zero-order chi connectivity index (χ0) is 25.4. The third-order valence-corrected chi connectivity index (χ3v) is 7.62. The van der Waals surface area contributed by atoms with Crippen LogP contribution in [0, 0.1) is 5.92 Å². The van der Waals surface area contributed by atoms with Crippen molar-refractivity contribution in [3.8, 4) is 0 Å². The highest BCUT2D eigenvalue weighted by atomic mass is 19.3. The first-order valence-corrected chi connectivity index (χ1v) is 12.2. The van der Waals surface area contributed by atoms with E-state index in [9.17, 15) is 13.6 Å². The van der Waals surface area contributed by atoms with Gasteiger partial charge >= 0.3 is 6.09 Å². The molecule has 8 rings (SSSR count). The minimum absolute atomic E-state index is 0.0573. The van der Waals surface area contributed by atoms with Crippen LogP contribution in [0.15, 0.2) is 24.5 Å². The first-order valence-electron chi connectivity index (χ1n) is 12.2. The second kappa shape index (κ2) is 8.05. The highest BCUT2D eigenvalue weighted by molar-refractivity contribution is 5.69. The van der Waals surface area contributed by atoms with E-state index < -0.39 is 30.4 Å². The molecular weight excluding hydrogens is 493 g/mol. The van der Waals surface area contributed by atoms with Gasteiger partial charge in [0, 0.05) is 30.5 Å². The van der Waals surface area contributed by atoms with Crippen molar-refractivity contribution < 1.29 is 27.4 Å². The van der Waals surface area contributed by atoms with Gasteiger partial charge in [0.15, 0.2) is 18.1 Å². The number of nitrogens with one attached hydrogen (secondary N) is 3. The van der Waals surface area contributed by atoms with Gasteiger partial charge in [-0.2, -0.15) is 5.10 Å². The molecule has 3 aliphatic carbocycles. The topological polar surface area (TPSA) is 122 Å². The molecule has 3 aromatic rings. The monoisotopic (exact) mass is 518 g/mol. The zero-order valence-electron chi connectivity index (χ0n) is 19.7. The number of carbonyl (C=O) groups excluding carboxylic acids is 1. The molecule has 2 aliphatic heterocycles. The lowest BCUT2D eigenvalue weighted by molar-refractivity contribution is -0.134. The number of hydrogen-bond donors (Lipinski definition) is 3. The number of rotatable bonds is 7. The van der Waals surface area contributed by atoms with Gasteiger partial charge in [0.2, 0.25) is 5.95 Å². The van der Waals surface area contributed by atoms with Gasteiger partial charge in [-0.15, -0.1) is 0 Å². The minimum Gasteiger partial charge on any atom is -0.441 e. The van der Waals surface area contributed by atoms with E-state index in [1.807, 2.05) is 0 Å². The Kier molecular flexibility index (Phi) is 4.96. The fraction of sp³-hybridized carbons (Fsp3) is 0.565. The van der Waals surface area contributed by atoms with Crippen LogP contribution in [-0.2, 0) is 16.0 Å². The van der Waals surface area contributed by atoms with Crippen molar-refractivity contribution in [2.75, 3.05) is 25.0 Å². The fourth-order valence-electron chi connectivity index (χ4n) is 5.70. The van der Waals surface area contributed by atoms with Crippen LogP contribution in [0.25, 0.3) is 5.65 Å². The summed E-state index contributed by atoms with van der Waals surface area (Å²) in [5, 5.41) is 12.9. The fourth-order valence-corrected chi connectivity index (χ4v) is 5.70. The van der Waals surface area contributed by atoms with Gasteiger partial charge < -0.3 is 20.1 Å². The number of aromatic amines is 1. The minimum atomic E-state index is -2.64. The molecule has 3 N–H and O–H groups in total. The number of alkyl carbamates (subject to hydrolysis) is 1. The maximum atomic E-state index is 15.1. The Bertz CT molecular complexity index is 1340.